The molecule has 2 bridgehead atoms. The fourth-order valence-corrected chi connectivity index (χ4v) is 9.61. The van der Waals surface area contributed by atoms with E-state index in [4.69, 9.17) is 0 Å². The van der Waals surface area contributed by atoms with Crippen molar-refractivity contribution in [3.63, 3.8) is 0 Å². The average molecular weight is 500 g/mol. The van der Waals surface area contributed by atoms with E-state index in [-0.39, 0.29) is 19.3 Å². The summed E-state index contributed by atoms with van der Waals surface area (Å²) >= 11 is 0. The summed E-state index contributed by atoms with van der Waals surface area (Å²) in [5, 5.41) is 1.76. The largest absolute Gasteiger partial charge is 0.417 e. The molecule has 0 aromatic heterocycles. The van der Waals surface area contributed by atoms with Crippen molar-refractivity contribution in [1.29, 1.82) is 0 Å². The molecule has 190 valence electrons. The van der Waals surface area contributed by atoms with Gasteiger partial charge in [0.15, 0.2) is 10.4 Å². The molecule has 0 spiro atoms. The Morgan fingerprint density at radius 2 is 1.35 bits per heavy atom. The second-order valence-electron chi connectivity index (χ2n) is 13.1. The number of hydrogen-bond donors (Lipinski definition) is 1. The van der Waals surface area contributed by atoms with Gasteiger partial charge >= 0.3 is 0 Å². The highest BCUT2D eigenvalue weighted by atomic mass is 31.1. The lowest BCUT2D eigenvalue weighted by atomic mass is 9.90. The quantitative estimate of drug-likeness (QED) is 0.337. The molecule has 3 nitrogen and oxygen atoms in total. The van der Waals surface area contributed by atoms with Crippen LogP contribution in [-0.4, -0.2) is 37.5 Å². The molecule has 2 atom stereocenters. The van der Waals surface area contributed by atoms with E-state index in [1.54, 1.807) is 11.0 Å². The second kappa shape index (κ2) is 10.4. The second-order valence-corrected chi connectivity index (χ2v) is 15.4. The third-order valence-corrected chi connectivity index (χ3v) is 11.5. The van der Waals surface area contributed by atoms with E-state index in [1.807, 2.05) is 0 Å². The molecule has 1 saturated carbocycles. The van der Waals surface area contributed by atoms with Crippen LogP contribution in [-0.2, 0) is 0 Å². The summed E-state index contributed by atoms with van der Waals surface area (Å²) in [5.74, 6) is 2.91. The SMILES string of the molecule is CC(C)(C)N1CN(C(C)(C)C)P1C1=C(N[SiH])[C@@H]2CC[C@H]1C2.Cc1c(C(C)C)cccc1C(C)C. The zero-order valence-electron chi connectivity index (χ0n) is 23.8. The van der Waals surface area contributed by atoms with Gasteiger partial charge in [0.1, 0.15) is 0 Å². The number of allylic oxidation sites excluding steroid dienone is 2. The van der Waals surface area contributed by atoms with E-state index in [2.05, 4.69) is 119 Å². The van der Waals surface area contributed by atoms with E-state index in [0.717, 1.165) is 18.5 Å². The Kier molecular flexibility index (Phi) is 8.51. The first-order valence-electron chi connectivity index (χ1n) is 13.3. The van der Waals surface area contributed by atoms with Gasteiger partial charge in [0, 0.05) is 22.1 Å². The van der Waals surface area contributed by atoms with Crippen LogP contribution in [0.4, 0.5) is 0 Å². The third kappa shape index (κ3) is 5.51. The molecule has 2 radical (unpaired) electrons. The number of benzene rings is 1. The first-order valence-corrected chi connectivity index (χ1v) is 15.2. The lowest BCUT2D eigenvalue weighted by molar-refractivity contribution is 0.0783. The summed E-state index contributed by atoms with van der Waals surface area (Å²) < 4.78 is 5.48. The molecule has 0 unspecified atom stereocenters. The first-order chi connectivity index (χ1) is 15.7. The lowest BCUT2D eigenvalue weighted by Crippen LogP contribution is -2.60. The van der Waals surface area contributed by atoms with Crippen LogP contribution in [0.2, 0.25) is 0 Å². The van der Waals surface area contributed by atoms with E-state index in [1.165, 1.54) is 36.0 Å². The maximum Gasteiger partial charge on any atom is 0.154 e. The van der Waals surface area contributed by atoms with Crippen LogP contribution in [0, 0.1) is 18.8 Å². The summed E-state index contributed by atoms with van der Waals surface area (Å²) in [6.07, 6.45) is 4.19. The van der Waals surface area contributed by atoms with E-state index < -0.39 is 0 Å². The zero-order valence-corrected chi connectivity index (χ0v) is 25.8. The Hall–Kier alpha value is -0.673. The van der Waals surface area contributed by atoms with Gasteiger partial charge in [0.2, 0.25) is 0 Å². The molecule has 1 aromatic rings. The molecule has 0 amide bonds. The van der Waals surface area contributed by atoms with Crippen LogP contribution in [0.3, 0.4) is 0 Å². The van der Waals surface area contributed by atoms with Crippen molar-refractivity contribution in [2.45, 2.75) is 118 Å². The Labute approximate surface area is 215 Å². The molecule has 2 fully saturated rings. The van der Waals surface area contributed by atoms with Crippen LogP contribution < -0.4 is 4.98 Å². The van der Waals surface area contributed by atoms with E-state index in [0.29, 0.717) is 11.8 Å². The van der Waals surface area contributed by atoms with Crippen LogP contribution in [0.15, 0.2) is 29.2 Å². The van der Waals surface area contributed by atoms with Crippen LogP contribution in [0.1, 0.15) is 117 Å². The van der Waals surface area contributed by atoms with Gasteiger partial charge in [0.05, 0.1) is 14.9 Å². The van der Waals surface area contributed by atoms with Gasteiger partial charge in [0.25, 0.3) is 0 Å². The average Bonchev–Trinajstić information content (AvgIpc) is 3.26. The highest BCUT2D eigenvalue weighted by Gasteiger charge is 2.54. The molecule has 1 aromatic carbocycles. The minimum absolute atomic E-state index is 0.258. The monoisotopic (exact) mass is 499 g/mol. The molecule has 1 aliphatic heterocycles. The predicted octanol–water partition coefficient (Wildman–Crippen LogP) is 7.76. The van der Waals surface area contributed by atoms with Crippen LogP contribution in [0.5, 0.6) is 0 Å². The van der Waals surface area contributed by atoms with Crippen molar-refractivity contribution in [3.8, 4) is 0 Å². The van der Waals surface area contributed by atoms with Gasteiger partial charge in [-0.25, -0.2) is 9.34 Å². The Morgan fingerprint density at radius 3 is 1.76 bits per heavy atom. The first kappa shape index (κ1) is 27.9. The van der Waals surface area contributed by atoms with E-state index >= 15 is 0 Å². The van der Waals surface area contributed by atoms with Gasteiger partial charge in [-0.3, -0.25) is 0 Å². The van der Waals surface area contributed by atoms with Gasteiger partial charge in [-0.1, -0.05) is 45.9 Å². The zero-order chi connectivity index (χ0) is 25.6. The minimum Gasteiger partial charge on any atom is -0.417 e. The molecule has 1 saturated heterocycles. The van der Waals surface area contributed by atoms with Crippen LogP contribution in [0.25, 0.3) is 0 Å². The molecule has 2 aliphatic carbocycles. The number of hydrogen-bond acceptors (Lipinski definition) is 3. The predicted molar refractivity (Wildman–Crippen MR) is 152 cm³/mol. The third-order valence-electron chi connectivity index (χ3n) is 7.81. The maximum absolute atomic E-state index is 3.50. The van der Waals surface area contributed by atoms with Crippen LogP contribution >= 0.6 is 8.22 Å². The number of rotatable bonds is 4. The fraction of sp³-hybridized carbons (Fsp3) is 0.724. The molecule has 4 rings (SSSR count). The molecule has 1 N–H and O–H groups in total. The lowest BCUT2D eigenvalue weighted by Gasteiger charge is -2.61. The summed E-state index contributed by atoms with van der Waals surface area (Å²) in [7, 11) is 2.47. The highest BCUT2D eigenvalue weighted by molar-refractivity contribution is 7.58. The van der Waals surface area contributed by atoms with Gasteiger partial charge in [-0.05, 0) is 108 Å². The Morgan fingerprint density at radius 1 is 0.882 bits per heavy atom. The van der Waals surface area contributed by atoms with E-state index in [9.17, 15) is 0 Å². The topological polar surface area (TPSA) is 18.5 Å². The fourth-order valence-electron chi connectivity index (χ4n) is 5.87. The summed E-state index contributed by atoms with van der Waals surface area (Å²) in [4.78, 5) is 3.50. The maximum atomic E-state index is 3.50. The molecular formula is C29H50N3PSi. The summed E-state index contributed by atoms with van der Waals surface area (Å²) in [6, 6.07) is 6.66. The van der Waals surface area contributed by atoms with Gasteiger partial charge in [-0.15, -0.1) is 0 Å². The minimum atomic E-state index is -0.291. The number of fused-ring (bicyclic) bond motifs is 2. The number of nitrogens with one attached hydrogen (secondary N) is 1. The van der Waals surface area contributed by atoms with Crippen molar-refractivity contribution in [2.24, 2.45) is 11.8 Å². The molecule has 5 heteroatoms. The normalized spacial score (nSPS) is 24.1. The molecule has 3 aliphatic rings. The van der Waals surface area contributed by atoms with Gasteiger partial charge < -0.3 is 4.98 Å². The van der Waals surface area contributed by atoms with Crippen molar-refractivity contribution in [2.75, 3.05) is 6.67 Å². The Balaban J connectivity index is 0.000000215. The number of nitrogens with zero attached hydrogens (tertiary/aromatic N) is 2. The highest BCUT2D eigenvalue weighted by Crippen LogP contribution is 2.71. The standard InChI is InChI=1S/C16H30N3PSi.C13H20/c1-15(2,3)18-10-19(16(4,5)6)20(18)14-12-8-7-11(9-12)13(14)17-21;1-9(2)12-7-6-8-13(10(3)4)11(12)5/h11-12,17,21H,7-10H2,1-6H3;6-10H,1-5H3/t11-,12+;/m1./s1. The summed E-state index contributed by atoms with van der Waals surface area (Å²) in [6.45, 7) is 26.6. The van der Waals surface area contributed by atoms with Crippen molar-refractivity contribution in [1.82, 2.24) is 14.3 Å². The molecule has 1 heterocycles. The smallest absolute Gasteiger partial charge is 0.154 e. The van der Waals surface area contributed by atoms with Crippen molar-refractivity contribution >= 4 is 18.6 Å². The molecule has 34 heavy (non-hydrogen) atoms. The Bertz CT molecular complexity index is 847. The van der Waals surface area contributed by atoms with Crippen molar-refractivity contribution < 1.29 is 0 Å². The van der Waals surface area contributed by atoms with Crippen molar-refractivity contribution in [3.05, 3.63) is 45.9 Å². The van der Waals surface area contributed by atoms with Gasteiger partial charge in [-0.2, -0.15) is 0 Å². The molecular weight excluding hydrogens is 449 g/mol. The summed E-state index contributed by atoms with van der Waals surface area (Å²) in [5.41, 5.74) is 6.54.